The number of halogens is 1. The Hall–Kier alpha value is -1.87. The van der Waals surface area contributed by atoms with Crippen LogP contribution in [0.1, 0.15) is 29.2 Å². The zero-order chi connectivity index (χ0) is 13.2. The van der Waals surface area contributed by atoms with Crippen LogP contribution in [0.4, 0.5) is 4.39 Å². The van der Waals surface area contributed by atoms with Crippen molar-refractivity contribution in [2.75, 3.05) is 0 Å². The van der Waals surface area contributed by atoms with Gasteiger partial charge in [-0.2, -0.15) is 0 Å². The fourth-order valence-corrected chi connectivity index (χ4v) is 2.49. The molecule has 0 heterocycles. The van der Waals surface area contributed by atoms with Gasteiger partial charge in [-0.05, 0) is 42.2 Å². The SMILES string of the molecule is N[C@@H]1CCc2cc(OCc3ccccc3F)ccc21. The zero-order valence-corrected chi connectivity index (χ0v) is 10.6. The molecule has 98 valence electrons. The molecule has 0 amide bonds. The normalized spacial score (nSPS) is 17.3. The Bertz CT molecular complexity index is 597. The molecule has 2 nitrogen and oxygen atoms in total. The molecule has 0 unspecified atom stereocenters. The molecular formula is C16H16FNO. The standard InChI is InChI=1S/C16H16FNO/c17-15-4-2-1-3-12(15)10-19-13-6-7-14-11(9-13)5-8-16(14)18/h1-4,6-7,9,16H,5,8,10,18H2/t16-/m1/s1. The van der Waals surface area contributed by atoms with Crippen molar-refractivity contribution in [2.24, 2.45) is 5.73 Å². The number of fused-ring (bicyclic) bond motifs is 1. The van der Waals surface area contributed by atoms with Crippen LogP contribution in [-0.2, 0) is 13.0 Å². The first-order chi connectivity index (χ1) is 9.24. The van der Waals surface area contributed by atoms with Crippen LogP contribution in [0, 0.1) is 5.82 Å². The summed E-state index contributed by atoms with van der Waals surface area (Å²) in [5.74, 6) is 0.543. The fraction of sp³-hybridized carbons (Fsp3) is 0.250. The molecular weight excluding hydrogens is 241 g/mol. The molecule has 3 heteroatoms. The molecule has 0 fully saturated rings. The third-order valence-corrected chi connectivity index (χ3v) is 3.59. The van der Waals surface area contributed by atoms with Crippen LogP contribution in [0.25, 0.3) is 0 Å². The van der Waals surface area contributed by atoms with Crippen molar-refractivity contribution >= 4 is 0 Å². The van der Waals surface area contributed by atoms with Gasteiger partial charge < -0.3 is 10.5 Å². The second-order valence-electron chi connectivity index (χ2n) is 4.89. The highest BCUT2D eigenvalue weighted by Crippen LogP contribution is 2.32. The minimum Gasteiger partial charge on any atom is -0.489 e. The third-order valence-electron chi connectivity index (χ3n) is 3.59. The van der Waals surface area contributed by atoms with Gasteiger partial charge in [-0.25, -0.2) is 4.39 Å². The van der Waals surface area contributed by atoms with Gasteiger partial charge in [0.25, 0.3) is 0 Å². The summed E-state index contributed by atoms with van der Waals surface area (Å²) in [6, 6.07) is 12.8. The van der Waals surface area contributed by atoms with E-state index in [0.717, 1.165) is 18.6 Å². The van der Waals surface area contributed by atoms with Gasteiger partial charge in [0, 0.05) is 11.6 Å². The van der Waals surface area contributed by atoms with Crippen LogP contribution in [0.15, 0.2) is 42.5 Å². The largest absolute Gasteiger partial charge is 0.489 e. The highest BCUT2D eigenvalue weighted by molar-refractivity contribution is 5.40. The molecule has 0 radical (unpaired) electrons. The number of aryl methyl sites for hydroxylation is 1. The first kappa shape index (κ1) is 12.2. The first-order valence-electron chi connectivity index (χ1n) is 6.48. The molecule has 0 aliphatic heterocycles. The fourth-order valence-electron chi connectivity index (χ4n) is 2.49. The third kappa shape index (κ3) is 2.47. The Balaban J connectivity index is 1.73. The van der Waals surface area contributed by atoms with Gasteiger partial charge >= 0.3 is 0 Å². The highest BCUT2D eigenvalue weighted by atomic mass is 19.1. The summed E-state index contributed by atoms with van der Waals surface area (Å²) in [7, 11) is 0. The van der Waals surface area contributed by atoms with Gasteiger partial charge in [0.1, 0.15) is 18.2 Å². The van der Waals surface area contributed by atoms with E-state index in [-0.39, 0.29) is 18.5 Å². The molecule has 0 bridgehead atoms. The maximum Gasteiger partial charge on any atom is 0.129 e. The minimum absolute atomic E-state index is 0.149. The zero-order valence-electron chi connectivity index (χ0n) is 10.6. The maximum atomic E-state index is 13.5. The van der Waals surface area contributed by atoms with Crippen LogP contribution < -0.4 is 10.5 Å². The smallest absolute Gasteiger partial charge is 0.129 e. The number of rotatable bonds is 3. The van der Waals surface area contributed by atoms with E-state index in [9.17, 15) is 4.39 Å². The number of hydrogen-bond donors (Lipinski definition) is 1. The Morgan fingerprint density at radius 3 is 2.89 bits per heavy atom. The molecule has 1 atom stereocenters. The van der Waals surface area contributed by atoms with Gasteiger partial charge in [0.05, 0.1) is 0 Å². The predicted octanol–water partition coefficient (Wildman–Crippen LogP) is 3.35. The molecule has 2 N–H and O–H groups in total. The van der Waals surface area contributed by atoms with E-state index in [1.165, 1.54) is 17.2 Å². The van der Waals surface area contributed by atoms with E-state index >= 15 is 0 Å². The highest BCUT2D eigenvalue weighted by Gasteiger charge is 2.19. The minimum atomic E-state index is -0.231. The molecule has 19 heavy (non-hydrogen) atoms. The quantitative estimate of drug-likeness (QED) is 0.915. The molecule has 0 saturated carbocycles. The summed E-state index contributed by atoms with van der Waals surface area (Å²) in [6.07, 6.45) is 1.99. The molecule has 0 aromatic heterocycles. The Labute approximate surface area is 112 Å². The lowest BCUT2D eigenvalue weighted by Crippen LogP contribution is -2.05. The Morgan fingerprint density at radius 2 is 2.05 bits per heavy atom. The number of hydrogen-bond acceptors (Lipinski definition) is 2. The molecule has 3 rings (SSSR count). The second-order valence-corrected chi connectivity index (χ2v) is 4.89. The molecule has 0 saturated heterocycles. The van der Waals surface area contributed by atoms with Gasteiger partial charge in [0.2, 0.25) is 0 Å². The lowest BCUT2D eigenvalue weighted by molar-refractivity contribution is 0.299. The monoisotopic (exact) mass is 257 g/mol. The van der Waals surface area contributed by atoms with E-state index in [1.807, 2.05) is 24.3 Å². The van der Waals surface area contributed by atoms with Crippen molar-refractivity contribution < 1.29 is 9.13 Å². The van der Waals surface area contributed by atoms with Gasteiger partial charge in [-0.15, -0.1) is 0 Å². The second kappa shape index (κ2) is 5.02. The van der Waals surface area contributed by atoms with Crippen molar-refractivity contribution in [1.82, 2.24) is 0 Å². The van der Waals surface area contributed by atoms with Crippen molar-refractivity contribution in [1.29, 1.82) is 0 Å². The first-order valence-corrected chi connectivity index (χ1v) is 6.48. The lowest BCUT2D eigenvalue weighted by Gasteiger charge is -2.10. The Morgan fingerprint density at radius 1 is 1.21 bits per heavy atom. The van der Waals surface area contributed by atoms with E-state index in [2.05, 4.69) is 0 Å². The lowest BCUT2D eigenvalue weighted by atomic mass is 10.1. The van der Waals surface area contributed by atoms with E-state index in [1.54, 1.807) is 12.1 Å². The van der Waals surface area contributed by atoms with Crippen LogP contribution in [-0.4, -0.2) is 0 Å². The van der Waals surface area contributed by atoms with Crippen molar-refractivity contribution in [3.63, 3.8) is 0 Å². The average Bonchev–Trinajstić information content (AvgIpc) is 2.79. The molecule has 0 spiro atoms. The summed E-state index contributed by atoms with van der Waals surface area (Å²) < 4.78 is 19.1. The number of nitrogens with two attached hydrogens (primary N) is 1. The number of ether oxygens (including phenoxy) is 1. The molecule has 1 aliphatic carbocycles. The van der Waals surface area contributed by atoms with Crippen molar-refractivity contribution in [3.05, 3.63) is 65.0 Å². The van der Waals surface area contributed by atoms with Crippen molar-refractivity contribution in [2.45, 2.75) is 25.5 Å². The molecule has 2 aromatic rings. The summed E-state index contributed by atoms with van der Waals surface area (Å²) >= 11 is 0. The van der Waals surface area contributed by atoms with Crippen LogP contribution in [0.5, 0.6) is 5.75 Å². The van der Waals surface area contributed by atoms with Gasteiger partial charge in [0.15, 0.2) is 0 Å². The Kier molecular flexibility index (Phi) is 3.22. The molecule has 1 aliphatic rings. The number of benzene rings is 2. The van der Waals surface area contributed by atoms with Crippen LogP contribution >= 0.6 is 0 Å². The van der Waals surface area contributed by atoms with E-state index in [0.29, 0.717) is 5.56 Å². The van der Waals surface area contributed by atoms with Crippen LogP contribution in [0.3, 0.4) is 0 Å². The summed E-state index contributed by atoms with van der Waals surface area (Å²) in [5, 5.41) is 0. The van der Waals surface area contributed by atoms with Gasteiger partial charge in [-0.3, -0.25) is 0 Å². The maximum absolute atomic E-state index is 13.5. The summed E-state index contributed by atoms with van der Waals surface area (Å²) in [6.45, 7) is 0.248. The summed E-state index contributed by atoms with van der Waals surface area (Å²) in [5.41, 5.74) is 9.02. The predicted molar refractivity (Wildman–Crippen MR) is 72.4 cm³/mol. The average molecular weight is 257 g/mol. The van der Waals surface area contributed by atoms with Gasteiger partial charge in [-0.1, -0.05) is 24.3 Å². The van der Waals surface area contributed by atoms with E-state index < -0.39 is 0 Å². The van der Waals surface area contributed by atoms with Crippen LogP contribution in [0.2, 0.25) is 0 Å². The van der Waals surface area contributed by atoms with E-state index in [4.69, 9.17) is 10.5 Å². The molecule has 2 aromatic carbocycles. The topological polar surface area (TPSA) is 35.2 Å². The summed E-state index contributed by atoms with van der Waals surface area (Å²) in [4.78, 5) is 0. The van der Waals surface area contributed by atoms with Crippen molar-refractivity contribution in [3.8, 4) is 5.75 Å².